The van der Waals surface area contributed by atoms with Crippen molar-refractivity contribution in [3.05, 3.63) is 12.7 Å². The van der Waals surface area contributed by atoms with Crippen LogP contribution in [0.15, 0.2) is 12.7 Å². The lowest BCUT2D eigenvalue weighted by Crippen LogP contribution is -2.35. The number of rotatable bonds is 2. The van der Waals surface area contributed by atoms with Gasteiger partial charge in [-0.2, -0.15) is 0 Å². The Morgan fingerprint density at radius 2 is 2.00 bits per heavy atom. The van der Waals surface area contributed by atoms with Crippen LogP contribution in [0, 0.1) is 0 Å². The fourth-order valence-corrected chi connectivity index (χ4v) is 3.33. The molecule has 0 aromatic carbocycles. The Hall–Kier alpha value is -1.69. The van der Waals surface area contributed by atoms with E-state index in [0.717, 1.165) is 30.1 Å². The molecule has 2 aliphatic heterocycles. The lowest BCUT2D eigenvalue weighted by molar-refractivity contribution is 0.260. The Morgan fingerprint density at radius 1 is 1.11 bits per heavy atom. The van der Waals surface area contributed by atoms with Crippen LogP contribution in [0.3, 0.4) is 0 Å². The van der Waals surface area contributed by atoms with Gasteiger partial charge in [-0.05, 0) is 32.4 Å². The molecule has 1 atom stereocenters. The monoisotopic (exact) mass is 258 g/mol. The van der Waals surface area contributed by atoms with Gasteiger partial charge < -0.3 is 9.88 Å². The molecule has 4 rings (SSSR count). The topological polar surface area (TPSA) is 60.9 Å². The highest BCUT2D eigenvalue weighted by Crippen LogP contribution is 2.27. The van der Waals surface area contributed by atoms with E-state index in [4.69, 9.17) is 0 Å². The molecule has 2 saturated heterocycles. The molecule has 4 heterocycles. The summed E-state index contributed by atoms with van der Waals surface area (Å²) in [6, 6.07) is 0.690. The van der Waals surface area contributed by atoms with Crippen molar-refractivity contribution in [1.82, 2.24) is 24.8 Å². The predicted molar refractivity (Wildman–Crippen MR) is 73.1 cm³/mol. The summed E-state index contributed by atoms with van der Waals surface area (Å²) in [6.07, 6.45) is 7.25. The highest BCUT2D eigenvalue weighted by Gasteiger charge is 2.30. The molecule has 2 aromatic rings. The van der Waals surface area contributed by atoms with Gasteiger partial charge in [-0.1, -0.05) is 0 Å². The molecule has 0 bridgehead atoms. The normalized spacial score (nSPS) is 24.6. The molecule has 1 N–H and O–H groups in total. The zero-order valence-electron chi connectivity index (χ0n) is 10.9. The van der Waals surface area contributed by atoms with Gasteiger partial charge in [0.25, 0.3) is 0 Å². The highest BCUT2D eigenvalue weighted by atomic mass is 15.3. The maximum atomic E-state index is 4.45. The molecule has 100 valence electrons. The van der Waals surface area contributed by atoms with Crippen molar-refractivity contribution in [2.24, 2.45) is 0 Å². The van der Waals surface area contributed by atoms with Gasteiger partial charge in [0.15, 0.2) is 11.5 Å². The average Bonchev–Trinajstić information content (AvgIpc) is 3.18. The number of nitrogens with zero attached hydrogens (tertiary/aromatic N) is 5. The van der Waals surface area contributed by atoms with Crippen LogP contribution in [0.4, 0.5) is 5.82 Å². The molecule has 0 amide bonds. The second-order valence-electron chi connectivity index (χ2n) is 5.43. The molecule has 0 aliphatic carbocycles. The van der Waals surface area contributed by atoms with E-state index in [1.165, 1.54) is 32.4 Å². The maximum Gasteiger partial charge on any atom is 0.182 e. The van der Waals surface area contributed by atoms with Gasteiger partial charge in [0, 0.05) is 19.1 Å². The van der Waals surface area contributed by atoms with Crippen LogP contribution in [0.2, 0.25) is 0 Å². The van der Waals surface area contributed by atoms with Crippen LogP contribution in [0.1, 0.15) is 19.3 Å². The van der Waals surface area contributed by atoms with Crippen molar-refractivity contribution in [3.63, 3.8) is 0 Å². The van der Waals surface area contributed by atoms with E-state index >= 15 is 0 Å². The summed E-state index contributed by atoms with van der Waals surface area (Å²) in [5.74, 6) is 1.00. The van der Waals surface area contributed by atoms with Gasteiger partial charge in [0.2, 0.25) is 0 Å². The van der Waals surface area contributed by atoms with E-state index in [-0.39, 0.29) is 0 Å². The Kier molecular flexibility index (Phi) is 2.61. The molecule has 2 aromatic heterocycles. The average molecular weight is 258 g/mol. The molecule has 2 fully saturated rings. The molecular weight excluding hydrogens is 240 g/mol. The number of hydrogen-bond acceptors (Lipinski definition) is 5. The molecule has 0 spiro atoms. The molecular formula is C13H18N6. The van der Waals surface area contributed by atoms with Gasteiger partial charge in [-0.3, -0.25) is 4.90 Å². The number of H-pyrrole nitrogens is 1. The summed E-state index contributed by atoms with van der Waals surface area (Å²) in [6.45, 7) is 4.68. The molecule has 6 nitrogen and oxygen atoms in total. The summed E-state index contributed by atoms with van der Waals surface area (Å²) >= 11 is 0. The third-order valence-corrected chi connectivity index (χ3v) is 4.32. The second kappa shape index (κ2) is 4.45. The quantitative estimate of drug-likeness (QED) is 0.871. The van der Waals surface area contributed by atoms with Crippen LogP contribution >= 0.6 is 0 Å². The maximum absolute atomic E-state index is 4.45. The third kappa shape index (κ3) is 1.87. The van der Waals surface area contributed by atoms with Gasteiger partial charge in [-0.15, -0.1) is 0 Å². The van der Waals surface area contributed by atoms with Crippen LogP contribution in [0.5, 0.6) is 0 Å². The minimum atomic E-state index is 0.690. The van der Waals surface area contributed by atoms with Crippen molar-refractivity contribution >= 4 is 17.0 Å². The van der Waals surface area contributed by atoms with Crippen molar-refractivity contribution in [2.45, 2.75) is 25.3 Å². The lowest BCUT2D eigenvalue weighted by Gasteiger charge is -2.24. The highest BCUT2D eigenvalue weighted by molar-refractivity contribution is 5.82. The summed E-state index contributed by atoms with van der Waals surface area (Å²) in [5, 5.41) is 0. The van der Waals surface area contributed by atoms with Gasteiger partial charge in [-0.25, -0.2) is 15.0 Å². The first-order valence-corrected chi connectivity index (χ1v) is 7.05. The molecule has 0 radical (unpaired) electrons. The van der Waals surface area contributed by atoms with E-state index in [2.05, 4.69) is 29.7 Å². The van der Waals surface area contributed by atoms with E-state index in [0.29, 0.717) is 6.04 Å². The van der Waals surface area contributed by atoms with Crippen LogP contribution < -0.4 is 4.90 Å². The van der Waals surface area contributed by atoms with Gasteiger partial charge in [0.1, 0.15) is 11.8 Å². The van der Waals surface area contributed by atoms with E-state index in [9.17, 15) is 0 Å². The van der Waals surface area contributed by atoms with Crippen molar-refractivity contribution in [3.8, 4) is 0 Å². The molecule has 0 saturated carbocycles. The molecule has 6 heteroatoms. The zero-order chi connectivity index (χ0) is 12.7. The van der Waals surface area contributed by atoms with Crippen LogP contribution in [0.25, 0.3) is 11.2 Å². The minimum absolute atomic E-state index is 0.690. The van der Waals surface area contributed by atoms with Gasteiger partial charge >= 0.3 is 0 Å². The fourth-order valence-electron chi connectivity index (χ4n) is 3.33. The number of nitrogens with one attached hydrogen (secondary N) is 1. The summed E-state index contributed by atoms with van der Waals surface area (Å²) in [7, 11) is 0. The largest absolute Gasteiger partial charge is 0.353 e. The zero-order valence-corrected chi connectivity index (χ0v) is 10.9. The minimum Gasteiger partial charge on any atom is -0.353 e. The number of likely N-dealkylation sites (tertiary alicyclic amines) is 1. The first-order valence-electron chi connectivity index (χ1n) is 7.05. The summed E-state index contributed by atoms with van der Waals surface area (Å²) in [5.41, 5.74) is 1.72. The van der Waals surface area contributed by atoms with Gasteiger partial charge in [0.05, 0.1) is 6.33 Å². The summed E-state index contributed by atoms with van der Waals surface area (Å²) in [4.78, 5) is 21.0. The number of imidazole rings is 1. The number of hydrogen-bond donors (Lipinski definition) is 1. The van der Waals surface area contributed by atoms with E-state index in [1.54, 1.807) is 12.7 Å². The standard InChI is InChI=1S/C13H18N6/c1-2-5-18(4-1)10-3-6-19(7-10)13-11-12(15-8-14-11)16-9-17-13/h8-10H,1-7H2,(H,14,15,16,17). The smallest absolute Gasteiger partial charge is 0.182 e. The van der Waals surface area contributed by atoms with Crippen LogP contribution in [-0.4, -0.2) is 57.1 Å². The van der Waals surface area contributed by atoms with Crippen molar-refractivity contribution < 1.29 is 0 Å². The molecule has 1 unspecified atom stereocenters. The van der Waals surface area contributed by atoms with Crippen molar-refractivity contribution in [2.75, 3.05) is 31.1 Å². The SMILES string of the molecule is c1nc(N2CCC(N3CCCC3)C2)c2[nH]cnc2n1. The number of anilines is 1. The lowest BCUT2D eigenvalue weighted by atomic mass is 10.2. The number of aromatic amines is 1. The molecule has 19 heavy (non-hydrogen) atoms. The van der Waals surface area contributed by atoms with Crippen molar-refractivity contribution in [1.29, 1.82) is 0 Å². The first kappa shape index (κ1) is 11.2. The predicted octanol–water partition coefficient (Wildman–Crippen LogP) is 1.03. The number of fused-ring (bicyclic) bond motifs is 1. The third-order valence-electron chi connectivity index (χ3n) is 4.32. The van der Waals surface area contributed by atoms with E-state index in [1.807, 2.05) is 0 Å². The Morgan fingerprint density at radius 3 is 2.89 bits per heavy atom. The Balaban J connectivity index is 1.58. The second-order valence-corrected chi connectivity index (χ2v) is 5.43. The Bertz CT molecular complexity index is 573. The van der Waals surface area contributed by atoms with E-state index < -0.39 is 0 Å². The summed E-state index contributed by atoms with van der Waals surface area (Å²) < 4.78 is 0. The molecule has 2 aliphatic rings. The fraction of sp³-hybridized carbons (Fsp3) is 0.615. The Labute approximate surface area is 111 Å². The first-order chi connectivity index (χ1) is 9.42. The number of aromatic nitrogens is 4. The van der Waals surface area contributed by atoms with Crippen LogP contribution in [-0.2, 0) is 0 Å².